The molecule has 174 valence electrons. The van der Waals surface area contributed by atoms with Gasteiger partial charge in [0, 0.05) is 31.9 Å². The molecule has 0 radical (unpaired) electrons. The molecule has 2 aromatic heterocycles. The first-order valence-electron chi connectivity index (χ1n) is 10.6. The summed E-state index contributed by atoms with van der Waals surface area (Å²) in [6.07, 6.45) is 0.856. The van der Waals surface area contributed by atoms with Crippen LogP contribution < -0.4 is 15.8 Å². The lowest BCUT2D eigenvalue weighted by Gasteiger charge is -2.33. The molecule has 10 heteroatoms. The van der Waals surface area contributed by atoms with Crippen LogP contribution in [0.3, 0.4) is 0 Å². The molecule has 1 aromatic carbocycles. The number of nitrogens with one attached hydrogen (secondary N) is 1. The zero-order valence-electron chi connectivity index (χ0n) is 19.0. The maximum atomic E-state index is 12.8. The quantitative estimate of drug-likeness (QED) is 0.640. The van der Waals surface area contributed by atoms with Crippen LogP contribution in [0.5, 0.6) is 0 Å². The van der Waals surface area contributed by atoms with Gasteiger partial charge in [0.1, 0.15) is 5.60 Å². The summed E-state index contributed by atoms with van der Waals surface area (Å²) in [6, 6.07) is 6.84. The standard InChI is InChI=1S/C23H26N4O6/c1-14-15(25-22(30)33-23(2,3)4)7-8-16-18(14)20(29)32-21(24-16)27-11-9-26(10-12-27)19(28)17-6-5-13-31-17/h5-8,13H,9-12H2,1-4H3,(H,25,30). The fourth-order valence-corrected chi connectivity index (χ4v) is 3.65. The molecular formula is C23H26N4O6. The van der Waals surface area contributed by atoms with E-state index < -0.39 is 17.3 Å². The van der Waals surface area contributed by atoms with Crippen molar-refractivity contribution in [3.8, 4) is 0 Å². The molecule has 2 amide bonds. The minimum Gasteiger partial charge on any atom is -0.459 e. The number of nitrogens with zero attached hydrogens (tertiary/aromatic N) is 3. The SMILES string of the molecule is Cc1c(NC(=O)OC(C)(C)C)ccc2nc(N3CCN(C(=O)c4ccco4)CC3)oc(=O)c12. The van der Waals surface area contributed by atoms with Gasteiger partial charge < -0.3 is 23.4 Å². The van der Waals surface area contributed by atoms with Crippen molar-refractivity contribution in [1.29, 1.82) is 0 Å². The molecule has 1 fully saturated rings. The monoisotopic (exact) mass is 454 g/mol. The first-order chi connectivity index (χ1) is 15.6. The molecule has 10 nitrogen and oxygen atoms in total. The number of aryl methyl sites for hydroxylation is 1. The molecule has 1 aliphatic rings. The van der Waals surface area contributed by atoms with Crippen LogP contribution in [0, 0.1) is 6.92 Å². The highest BCUT2D eigenvalue weighted by Gasteiger charge is 2.26. The molecule has 1 aliphatic heterocycles. The number of amides is 2. The van der Waals surface area contributed by atoms with Crippen molar-refractivity contribution in [1.82, 2.24) is 9.88 Å². The molecule has 33 heavy (non-hydrogen) atoms. The molecule has 0 atom stereocenters. The van der Waals surface area contributed by atoms with E-state index in [1.807, 2.05) is 4.90 Å². The number of ether oxygens (including phenoxy) is 1. The molecule has 0 spiro atoms. The predicted molar refractivity (Wildman–Crippen MR) is 122 cm³/mol. The van der Waals surface area contributed by atoms with Gasteiger partial charge in [-0.05, 0) is 57.5 Å². The van der Waals surface area contributed by atoms with Gasteiger partial charge in [0.2, 0.25) is 0 Å². The predicted octanol–water partition coefficient (Wildman–Crippen LogP) is 3.40. The molecule has 0 bridgehead atoms. The van der Waals surface area contributed by atoms with E-state index in [1.165, 1.54) is 6.26 Å². The van der Waals surface area contributed by atoms with Crippen LogP contribution in [0.2, 0.25) is 0 Å². The number of aromatic nitrogens is 1. The maximum Gasteiger partial charge on any atom is 0.412 e. The van der Waals surface area contributed by atoms with Crippen molar-refractivity contribution in [2.75, 3.05) is 36.4 Å². The Balaban J connectivity index is 1.51. The highest BCUT2D eigenvalue weighted by atomic mass is 16.6. The Morgan fingerprint density at radius 2 is 1.85 bits per heavy atom. The van der Waals surface area contributed by atoms with E-state index in [0.29, 0.717) is 54.1 Å². The Hall–Kier alpha value is -3.82. The van der Waals surface area contributed by atoms with E-state index in [4.69, 9.17) is 13.6 Å². The highest BCUT2D eigenvalue weighted by Crippen LogP contribution is 2.25. The molecule has 4 rings (SSSR count). The summed E-state index contributed by atoms with van der Waals surface area (Å²) in [5.41, 5.74) is 0.261. The summed E-state index contributed by atoms with van der Waals surface area (Å²) in [5, 5.41) is 2.96. The normalized spacial score (nSPS) is 14.4. The molecule has 1 N–H and O–H groups in total. The smallest absolute Gasteiger partial charge is 0.412 e. The van der Waals surface area contributed by atoms with E-state index in [1.54, 1.807) is 56.9 Å². The number of carbonyl (C=O) groups excluding carboxylic acids is 2. The van der Waals surface area contributed by atoms with Crippen LogP contribution in [0.1, 0.15) is 36.9 Å². The van der Waals surface area contributed by atoms with Gasteiger partial charge in [-0.25, -0.2) is 9.59 Å². The van der Waals surface area contributed by atoms with Gasteiger partial charge in [-0.2, -0.15) is 4.98 Å². The summed E-state index contributed by atoms with van der Waals surface area (Å²) >= 11 is 0. The topological polar surface area (TPSA) is 118 Å². The lowest BCUT2D eigenvalue weighted by Crippen LogP contribution is -2.49. The molecule has 1 saturated heterocycles. The molecular weight excluding hydrogens is 428 g/mol. The van der Waals surface area contributed by atoms with Gasteiger partial charge >= 0.3 is 17.7 Å². The highest BCUT2D eigenvalue weighted by molar-refractivity contribution is 5.93. The second kappa shape index (κ2) is 8.61. The number of piperazine rings is 1. The Morgan fingerprint density at radius 3 is 2.48 bits per heavy atom. The van der Waals surface area contributed by atoms with Crippen molar-refractivity contribution in [2.45, 2.75) is 33.3 Å². The molecule has 3 aromatic rings. The summed E-state index contributed by atoms with van der Waals surface area (Å²) in [7, 11) is 0. The number of anilines is 2. The zero-order valence-corrected chi connectivity index (χ0v) is 19.0. The van der Waals surface area contributed by atoms with E-state index in [9.17, 15) is 14.4 Å². The van der Waals surface area contributed by atoms with Gasteiger partial charge in [0.05, 0.1) is 17.2 Å². The Kier molecular flexibility index (Phi) is 5.84. The fourth-order valence-electron chi connectivity index (χ4n) is 3.65. The van der Waals surface area contributed by atoms with Crippen molar-refractivity contribution >= 4 is 34.6 Å². The number of furan rings is 1. The van der Waals surface area contributed by atoms with E-state index in [2.05, 4.69) is 10.3 Å². The van der Waals surface area contributed by atoms with E-state index in [0.717, 1.165) is 0 Å². The van der Waals surface area contributed by atoms with Gasteiger partial charge in [0.15, 0.2) is 5.76 Å². The average Bonchev–Trinajstić information content (AvgIpc) is 3.28. The third-order valence-corrected chi connectivity index (χ3v) is 5.25. The second-order valence-corrected chi connectivity index (χ2v) is 8.80. The number of hydrogen-bond donors (Lipinski definition) is 1. The van der Waals surface area contributed by atoms with Gasteiger partial charge in [-0.1, -0.05) is 0 Å². The minimum absolute atomic E-state index is 0.173. The van der Waals surface area contributed by atoms with Gasteiger partial charge in [-0.15, -0.1) is 0 Å². The molecule has 3 heterocycles. The zero-order chi connectivity index (χ0) is 23.8. The lowest BCUT2D eigenvalue weighted by atomic mass is 10.1. The fraction of sp³-hybridized carbons (Fsp3) is 0.391. The van der Waals surface area contributed by atoms with Gasteiger partial charge in [0.25, 0.3) is 5.91 Å². The van der Waals surface area contributed by atoms with E-state index >= 15 is 0 Å². The number of rotatable bonds is 3. The third kappa shape index (κ3) is 4.84. The minimum atomic E-state index is -0.642. The largest absolute Gasteiger partial charge is 0.459 e. The summed E-state index contributed by atoms with van der Waals surface area (Å²) < 4.78 is 16.0. The molecule has 0 saturated carbocycles. The average molecular weight is 454 g/mol. The third-order valence-electron chi connectivity index (χ3n) is 5.25. The maximum absolute atomic E-state index is 12.8. The number of hydrogen-bond acceptors (Lipinski definition) is 8. The second-order valence-electron chi connectivity index (χ2n) is 8.80. The lowest BCUT2D eigenvalue weighted by molar-refractivity contribution is 0.0635. The van der Waals surface area contributed by atoms with Gasteiger partial charge in [-0.3, -0.25) is 10.1 Å². The number of benzene rings is 1. The summed E-state index contributed by atoms with van der Waals surface area (Å²) in [4.78, 5) is 45.4. The first kappa shape index (κ1) is 22.4. The van der Waals surface area contributed by atoms with Crippen LogP contribution in [0.4, 0.5) is 16.5 Å². The van der Waals surface area contributed by atoms with Crippen molar-refractivity contribution in [3.63, 3.8) is 0 Å². The number of carbonyl (C=O) groups is 2. The summed E-state index contributed by atoms with van der Waals surface area (Å²) in [5.74, 6) is 0.123. The van der Waals surface area contributed by atoms with Crippen LogP contribution in [0.15, 0.2) is 44.2 Å². The molecule has 0 aliphatic carbocycles. The Morgan fingerprint density at radius 1 is 1.12 bits per heavy atom. The van der Waals surface area contributed by atoms with Crippen LogP contribution in [0.25, 0.3) is 10.9 Å². The van der Waals surface area contributed by atoms with E-state index in [-0.39, 0.29) is 11.9 Å². The van der Waals surface area contributed by atoms with Crippen molar-refractivity contribution in [3.05, 3.63) is 52.3 Å². The van der Waals surface area contributed by atoms with Crippen LogP contribution in [-0.4, -0.2) is 53.7 Å². The molecule has 0 unspecified atom stereocenters. The number of fused-ring (bicyclic) bond motifs is 1. The summed E-state index contributed by atoms with van der Waals surface area (Å²) in [6.45, 7) is 8.84. The van der Waals surface area contributed by atoms with Crippen LogP contribution in [-0.2, 0) is 4.74 Å². The Labute approximate surface area is 190 Å². The van der Waals surface area contributed by atoms with Crippen molar-refractivity contribution < 1.29 is 23.2 Å². The first-order valence-corrected chi connectivity index (χ1v) is 10.6. The van der Waals surface area contributed by atoms with Crippen molar-refractivity contribution in [2.24, 2.45) is 0 Å². The van der Waals surface area contributed by atoms with Crippen LogP contribution >= 0.6 is 0 Å². The Bertz CT molecular complexity index is 1230.